The maximum Gasteiger partial charge on any atom is 0.223 e. The van der Waals surface area contributed by atoms with Crippen LogP contribution in [0.1, 0.15) is 49.8 Å². The van der Waals surface area contributed by atoms with Crippen molar-refractivity contribution in [1.29, 1.82) is 0 Å². The Morgan fingerprint density at radius 2 is 2.04 bits per heavy atom. The van der Waals surface area contributed by atoms with Gasteiger partial charge in [0.25, 0.3) is 0 Å². The maximum absolute atomic E-state index is 12.8. The van der Waals surface area contributed by atoms with Crippen LogP contribution in [0.25, 0.3) is 0 Å². The quantitative estimate of drug-likeness (QED) is 0.831. The number of nitrogens with one attached hydrogen (secondary N) is 1. The number of nitrogens with two attached hydrogens (primary N) is 1. The first kappa shape index (κ1) is 18.5. The lowest BCUT2D eigenvalue weighted by atomic mass is 9.65. The number of hydrogen-bond acceptors (Lipinski definition) is 4. The van der Waals surface area contributed by atoms with Crippen LogP contribution in [0.4, 0.5) is 0 Å². The number of likely N-dealkylation sites (tertiary alicyclic amines) is 1. The van der Waals surface area contributed by atoms with Gasteiger partial charge in [0, 0.05) is 36.5 Å². The third kappa shape index (κ3) is 4.32. The molecule has 1 aromatic rings. The minimum Gasteiger partial charge on any atom is -0.356 e. The van der Waals surface area contributed by atoms with E-state index in [1.54, 1.807) is 0 Å². The Balaban J connectivity index is 1.24. The van der Waals surface area contributed by atoms with Gasteiger partial charge < -0.3 is 11.1 Å². The Kier molecular flexibility index (Phi) is 5.97. The smallest absolute Gasteiger partial charge is 0.223 e. The number of piperidine rings is 1. The Hall–Kier alpha value is -0.910. The average Bonchev–Trinajstić information content (AvgIpc) is 3.13. The molecule has 26 heavy (non-hydrogen) atoms. The number of rotatable bonds is 5. The fraction of sp³-hybridized carbons (Fsp3) is 0.762. The lowest BCUT2D eigenvalue weighted by Crippen LogP contribution is -2.49. The van der Waals surface area contributed by atoms with E-state index in [2.05, 4.69) is 27.7 Å². The maximum atomic E-state index is 12.8. The van der Waals surface area contributed by atoms with Gasteiger partial charge in [-0.2, -0.15) is 0 Å². The number of nitrogens with zero attached hydrogens (tertiary/aromatic N) is 1. The first-order valence-corrected chi connectivity index (χ1v) is 11.3. The zero-order valence-corrected chi connectivity index (χ0v) is 16.6. The van der Waals surface area contributed by atoms with Gasteiger partial charge in [-0.15, -0.1) is 11.3 Å². The van der Waals surface area contributed by atoms with E-state index in [0.717, 1.165) is 32.5 Å². The summed E-state index contributed by atoms with van der Waals surface area (Å²) in [6.07, 6.45) is 8.26. The van der Waals surface area contributed by atoms with Crippen LogP contribution in [-0.4, -0.2) is 36.5 Å². The largest absolute Gasteiger partial charge is 0.356 e. The summed E-state index contributed by atoms with van der Waals surface area (Å²) >= 11 is 1.84. The van der Waals surface area contributed by atoms with Crippen LogP contribution >= 0.6 is 11.3 Å². The van der Waals surface area contributed by atoms with Gasteiger partial charge in [0.05, 0.1) is 0 Å². The third-order valence-corrected chi connectivity index (χ3v) is 7.77. The molecule has 3 N–H and O–H groups in total. The highest BCUT2D eigenvalue weighted by atomic mass is 32.1. The molecule has 2 saturated carbocycles. The van der Waals surface area contributed by atoms with E-state index in [1.165, 1.54) is 43.5 Å². The highest BCUT2D eigenvalue weighted by Gasteiger charge is 2.40. The molecule has 2 bridgehead atoms. The fourth-order valence-electron chi connectivity index (χ4n) is 5.48. The Morgan fingerprint density at radius 3 is 2.77 bits per heavy atom. The van der Waals surface area contributed by atoms with Crippen molar-refractivity contribution >= 4 is 17.2 Å². The molecule has 3 atom stereocenters. The predicted octanol–water partition coefficient (Wildman–Crippen LogP) is 3.23. The molecule has 3 unspecified atom stereocenters. The van der Waals surface area contributed by atoms with Gasteiger partial charge in [-0.05, 0) is 74.3 Å². The molecule has 2 aliphatic carbocycles. The highest BCUT2D eigenvalue weighted by molar-refractivity contribution is 7.09. The second-order valence-corrected chi connectivity index (χ2v) is 9.80. The molecule has 2 heterocycles. The predicted molar refractivity (Wildman–Crippen MR) is 107 cm³/mol. The molecule has 0 aromatic carbocycles. The monoisotopic (exact) mass is 375 g/mol. The number of amides is 1. The third-order valence-electron chi connectivity index (χ3n) is 6.91. The number of hydrogen-bond donors (Lipinski definition) is 2. The first-order valence-electron chi connectivity index (χ1n) is 10.5. The summed E-state index contributed by atoms with van der Waals surface area (Å²) in [5.41, 5.74) is 6.37. The second kappa shape index (κ2) is 8.41. The SMILES string of the molecule is NC1C2CCCC1CC(C(=O)NCC1CCCN(Cc3cccs3)C1)C2. The molecule has 0 spiro atoms. The number of thiophene rings is 1. The lowest BCUT2D eigenvalue weighted by Gasteiger charge is -2.43. The van der Waals surface area contributed by atoms with Gasteiger partial charge in [0.2, 0.25) is 5.91 Å². The molecule has 5 heteroatoms. The molecule has 1 saturated heterocycles. The van der Waals surface area contributed by atoms with E-state index in [0.29, 0.717) is 29.7 Å². The van der Waals surface area contributed by atoms with Crippen molar-refractivity contribution in [3.05, 3.63) is 22.4 Å². The number of fused-ring (bicyclic) bond motifs is 2. The molecule has 1 aliphatic heterocycles. The summed E-state index contributed by atoms with van der Waals surface area (Å²) in [5.74, 6) is 2.25. The molecule has 0 radical (unpaired) electrons. The van der Waals surface area contributed by atoms with Crippen LogP contribution in [0.3, 0.4) is 0 Å². The van der Waals surface area contributed by atoms with Crippen LogP contribution in [0.5, 0.6) is 0 Å². The van der Waals surface area contributed by atoms with Crippen molar-refractivity contribution in [3.8, 4) is 0 Å². The molecular weight excluding hydrogens is 342 g/mol. The van der Waals surface area contributed by atoms with Gasteiger partial charge in [-0.25, -0.2) is 0 Å². The highest BCUT2D eigenvalue weighted by Crippen LogP contribution is 2.41. The molecule has 1 amide bonds. The van der Waals surface area contributed by atoms with Gasteiger partial charge in [0.1, 0.15) is 0 Å². The van der Waals surface area contributed by atoms with Gasteiger partial charge in [-0.3, -0.25) is 9.69 Å². The summed E-state index contributed by atoms with van der Waals surface area (Å²) in [5, 5.41) is 5.46. The average molecular weight is 376 g/mol. The van der Waals surface area contributed by atoms with Crippen molar-refractivity contribution in [3.63, 3.8) is 0 Å². The van der Waals surface area contributed by atoms with Crippen LogP contribution in [-0.2, 0) is 11.3 Å². The lowest BCUT2D eigenvalue weighted by molar-refractivity contribution is -0.128. The van der Waals surface area contributed by atoms with E-state index in [9.17, 15) is 4.79 Å². The van der Waals surface area contributed by atoms with E-state index in [1.807, 2.05) is 11.3 Å². The van der Waals surface area contributed by atoms with E-state index < -0.39 is 0 Å². The molecule has 3 fully saturated rings. The molecule has 1 aromatic heterocycles. The summed E-state index contributed by atoms with van der Waals surface area (Å²) in [7, 11) is 0. The fourth-order valence-corrected chi connectivity index (χ4v) is 6.22. The van der Waals surface area contributed by atoms with Gasteiger partial charge >= 0.3 is 0 Å². The van der Waals surface area contributed by atoms with Crippen LogP contribution in [0, 0.1) is 23.7 Å². The Morgan fingerprint density at radius 1 is 1.23 bits per heavy atom. The molecule has 4 rings (SSSR count). The van der Waals surface area contributed by atoms with E-state index >= 15 is 0 Å². The van der Waals surface area contributed by atoms with Crippen molar-refractivity contribution in [2.75, 3.05) is 19.6 Å². The Labute approximate surface area is 161 Å². The van der Waals surface area contributed by atoms with E-state index in [-0.39, 0.29) is 5.92 Å². The van der Waals surface area contributed by atoms with Crippen molar-refractivity contribution < 1.29 is 4.79 Å². The molecular formula is C21H33N3OS. The molecule has 3 aliphatic rings. The first-order chi connectivity index (χ1) is 12.7. The van der Waals surface area contributed by atoms with Crippen molar-refractivity contribution in [1.82, 2.24) is 10.2 Å². The summed E-state index contributed by atoms with van der Waals surface area (Å²) in [6.45, 7) is 4.20. The normalized spacial score (nSPS) is 35.2. The zero-order chi connectivity index (χ0) is 17.9. The second-order valence-electron chi connectivity index (χ2n) is 8.76. The number of carbonyl (C=O) groups excluding carboxylic acids is 1. The standard InChI is InChI=1S/C21H33N3OS/c22-20-16-5-1-6-17(20)11-18(10-16)21(25)23-12-15-4-2-8-24(13-15)14-19-7-3-9-26-19/h3,7,9,15-18,20H,1-2,4-6,8,10-14,22H2,(H,23,25). The zero-order valence-electron chi connectivity index (χ0n) is 15.7. The molecule has 144 valence electrons. The van der Waals surface area contributed by atoms with Crippen LogP contribution < -0.4 is 11.1 Å². The van der Waals surface area contributed by atoms with Gasteiger partial charge in [-0.1, -0.05) is 12.5 Å². The minimum absolute atomic E-state index is 0.205. The van der Waals surface area contributed by atoms with Crippen molar-refractivity contribution in [2.45, 2.75) is 57.5 Å². The van der Waals surface area contributed by atoms with Crippen LogP contribution in [0.15, 0.2) is 17.5 Å². The minimum atomic E-state index is 0.205. The number of carbonyl (C=O) groups is 1. The summed E-state index contributed by atoms with van der Waals surface area (Å²) in [4.78, 5) is 16.7. The van der Waals surface area contributed by atoms with E-state index in [4.69, 9.17) is 5.73 Å². The Bertz CT molecular complexity index is 576. The summed E-state index contributed by atoms with van der Waals surface area (Å²) < 4.78 is 0. The van der Waals surface area contributed by atoms with Crippen molar-refractivity contribution in [2.24, 2.45) is 29.4 Å². The molecule has 4 nitrogen and oxygen atoms in total. The van der Waals surface area contributed by atoms with Crippen LogP contribution in [0.2, 0.25) is 0 Å². The summed E-state index contributed by atoms with van der Waals surface area (Å²) in [6, 6.07) is 4.70. The topological polar surface area (TPSA) is 58.4 Å². The van der Waals surface area contributed by atoms with Gasteiger partial charge in [0.15, 0.2) is 0 Å².